The molecule has 56 valence electrons. The van der Waals surface area contributed by atoms with E-state index < -0.39 is 5.97 Å². The highest BCUT2D eigenvalue weighted by atomic mass is 16.7. The minimum absolute atomic E-state index is 0.392. The van der Waals surface area contributed by atoms with Gasteiger partial charge >= 0.3 is 5.97 Å². The van der Waals surface area contributed by atoms with Crippen LogP contribution in [-0.2, 0) is 4.84 Å². The van der Waals surface area contributed by atoms with Crippen molar-refractivity contribution in [2.24, 2.45) is 5.28 Å². The molecule has 1 rings (SSSR count). The number of hydrogen-bond acceptors (Lipinski definition) is 4. The minimum atomic E-state index is -0.611. The van der Waals surface area contributed by atoms with Gasteiger partial charge in [0.05, 0.1) is 5.56 Å². The van der Waals surface area contributed by atoms with E-state index in [1.54, 1.807) is 30.3 Å². The van der Waals surface area contributed by atoms with Crippen molar-refractivity contribution < 1.29 is 9.63 Å². The summed E-state index contributed by atoms with van der Waals surface area (Å²) < 4.78 is 0. The van der Waals surface area contributed by atoms with Crippen molar-refractivity contribution in [1.82, 2.24) is 0 Å². The van der Waals surface area contributed by atoms with E-state index in [2.05, 4.69) is 10.1 Å². The molecule has 0 saturated heterocycles. The molecule has 0 aliphatic rings. The molecule has 0 atom stereocenters. The number of carbonyl (C=O) groups excluding carboxylic acids is 1. The Bertz CT molecular complexity index is 258. The number of nitrogens with one attached hydrogen (secondary N) is 1. The summed E-state index contributed by atoms with van der Waals surface area (Å²) in [4.78, 5) is 14.9. The average Bonchev–Trinajstić information content (AvgIpc) is 2.07. The van der Waals surface area contributed by atoms with Gasteiger partial charge in [0, 0.05) is 5.28 Å². The van der Waals surface area contributed by atoms with E-state index in [1.165, 1.54) is 0 Å². The molecule has 0 amide bonds. The standard InChI is InChI=1S/C7H6N2O2/c8-9-11-7(10)6-4-2-1-3-5-6/h1-5,8H. The van der Waals surface area contributed by atoms with Crippen molar-refractivity contribution >= 4 is 5.97 Å². The minimum Gasteiger partial charge on any atom is -0.295 e. The molecule has 0 bridgehead atoms. The van der Waals surface area contributed by atoms with Crippen molar-refractivity contribution in [3.63, 3.8) is 0 Å². The summed E-state index contributed by atoms with van der Waals surface area (Å²) in [6, 6.07) is 8.39. The molecule has 1 aromatic carbocycles. The van der Waals surface area contributed by atoms with E-state index in [-0.39, 0.29) is 0 Å². The van der Waals surface area contributed by atoms with Gasteiger partial charge in [-0.15, -0.1) is 0 Å². The van der Waals surface area contributed by atoms with E-state index in [1.807, 2.05) is 0 Å². The van der Waals surface area contributed by atoms with Crippen LogP contribution in [0.15, 0.2) is 35.6 Å². The predicted molar refractivity (Wildman–Crippen MR) is 37.0 cm³/mol. The lowest BCUT2D eigenvalue weighted by molar-refractivity contribution is 0.0466. The normalized spacial score (nSPS) is 8.73. The molecule has 0 saturated carbocycles. The topological polar surface area (TPSA) is 62.5 Å². The third-order valence-corrected chi connectivity index (χ3v) is 1.14. The first-order chi connectivity index (χ1) is 5.34. The Morgan fingerprint density at radius 3 is 2.55 bits per heavy atom. The van der Waals surface area contributed by atoms with Crippen LogP contribution in [0.4, 0.5) is 0 Å². The third kappa shape index (κ3) is 1.86. The Hall–Kier alpha value is -1.71. The Labute approximate surface area is 63.3 Å². The molecule has 0 spiro atoms. The summed E-state index contributed by atoms with van der Waals surface area (Å²) in [5, 5.41) is 2.51. The Kier molecular flexibility index (Phi) is 2.32. The van der Waals surface area contributed by atoms with Crippen LogP contribution in [0.25, 0.3) is 0 Å². The second-order valence-electron chi connectivity index (χ2n) is 1.84. The summed E-state index contributed by atoms with van der Waals surface area (Å²) in [6.07, 6.45) is 0. The Morgan fingerprint density at radius 1 is 1.36 bits per heavy atom. The molecule has 11 heavy (non-hydrogen) atoms. The predicted octanol–water partition coefficient (Wildman–Crippen LogP) is 1.79. The third-order valence-electron chi connectivity index (χ3n) is 1.14. The van der Waals surface area contributed by atoms with E-state index in [0.29, 0.717) is 5.56 Å². The summed E-state index contributed by atoms with van der Waals surface area (Å²) in [6.45, 7) is 0. The average molecular weight is 150 g/mol. The number of hydrogen-bond donors (Lipinski definition) is 1. The molecule has 0 aromatic heterocycles. The smallest absolute Gasteiger partial charge is 0.295 e. The van der Waals surface area contributed by atoms with Crippen molar-refractivity contribution in [2.75, 3.05) is 0 Å². The lowest BCUT2D eigenvalue weighted by atomic mass is 10.2. The molecule has 0 unspecified atom stereocenters. The number of rotatable bonds is 2. The first kappa shape index (κ1) is 7.40. The maximum Gasteiger partial charge on any atom is 0.367 e. The summed E-state index contributed by atoms with van der Waals surface area (Å²) in [5.74, 6) is -0.611. The van der Waals surface area contributed by atoms with Gasteiger partial charge in [-0.3, -0.25) is 4.84 Å². The lowest BCUT2D eigenvalue weighted by Gasteiger charge is -1.93. The molecule has 4 nitrogen and oxygen atoms in total. The number of benzene rings is 1. The molecule has 0 heterocycles. The molecule has 0 aliphatic heterocycles. The van der Waals surface area contributed by atoms with Crippen molar-refractivity contribution in [3.8, 4) is 0 Å². The zero-order valence-corrected chi connectivity index (χ0v) is 5.65. The van der Waals surface area contributed by atoms with Crippen LogP contribution >= 0.6 is 0 Å². The molecule has 0 radical (unpaired) electrons. The fourth-order valence-electron chi connectivity index (χ4n) is 0.668. The molecule has 0 aliphatic carbocycles. The van der Waals surface area contributed by atoms with E-state index >= 15 is 0 Å². The van der Waals surface area contributed by atoms with Gasteiger partial charge in [0.15, 0.2) is 0 Å². The zero-order chi connectivity index (χ0) is 8.10. The molecular formula is C7H6N2O2. The molecule has 1 aromatic rings. The largest absolute Gasteiger partial charge is 0.367 e. The van der Waals surface area contributed by atoms with Gasteiger partial charge in [0.25, 0.3) is 0 Å². The summed E-state index contributed by atoms with van der Waals surface area (Å²) >= 11 is 0. The van der Waals surface area contributed by atoms with Crippen molar-refractivity contribution in [2.45, 2.75) is 0 Å². The highest BCUT2D eigenvalue weighted by Crippen LogP contribution is 2.00. The highest BCUT2D eigenvalue weighted by Gasteiger charge is 2.03. The van der Waals surface area contributed by atoms with E-state index in [0.717, 1.165) is 0 Å². The maximum atomic E-state index is 10.8. The van der Waals surface area contributed by atoms with Gasteiger partial charge < -0.3 is 0 Å². The molecule has 4 heteroatoms. The number of nitrogens with zero attached hydrogens (tertiary/aromatic N) is 1. The van der Waals surface area contributed by atoms with E-state index in [9.17, 15) is 4.79 Å². The Balaban J connectivity index is 2.77. The molecule has 0 fully saturated rings. The van der Waals surface area contributed by atoms with Gasteiger partial charge in [-0.25, -0.2) is 4.79 Å². The van der Waals surface area contributed by atoms with Crippen LogP contribution in [0, 0.1) is 5.53 Å². The number of carbonyl (C=O) groups is 1. The van der Waals surface area contributed by atoms with Crippen LogP contribution < -0.4 is 0 Å². The lowest BCUT2D eigenvalue weighted by Crippen LogP contribution is -1.98. The van der Waals surface area contributed by atoms with Crippen molar-refractivity contribution in [1.29, 1.82) is 5.53 Å². The van der Waals surface area contributed by atoms with Crippen LogP contribution in [0.1, 0.15) is 10.4 Å². The van der Waals surface area contributed by atoms with Crippen molar-refractivity contribution in [3.05, 3.63) is 35.9 Å². The summed E-state index contributed by atoms with van der Waals surface area (Å²) in [5.41, 5.74) is 6.66. The Morgan fingerprint density at radius 2 is 2.00 bits per heavy atom. The zero-order valence-electron chi connectivity index (χ0n) is 5.65. The molecule has 1 N–H and O–H groups in total. The van der Waals surface area contributed by atoms with Gasteiger partial charge in [-0.2, -0.15) is 5.53 Å². The van der Waals surface area contributed by atoms with Crippen LogP contribution in [0.3, 0.4) is 0 Å². The van der Waals surface area contributed by atoms with Gasteiger partial charge in [-0.1, -0.05) is 18.2 Å². The quantitative estimate of drug-likeness (QED) is 0.516. The maximum absolute atomic E-state index is 10.8. The highest BCUT2D eigenvalue weighted by molar-refractivity contribution is 5.89. The summed E-state index contributed by atoms with van der Waals surface area (Å²) in [7, 11) is 0. The van der Waals surface area contributed by atoms with Crippen LogP contribution in [0.5, 0.6) is 0 Å². The van der Waals surface area contributed by atoms with Gasteiger partial charge in [0.2, 0.25) is 0 Å². The monoisotopic (exact) mass is 150 g/mol. The SMILES string of the molecule is N=NOC(=O)c1ccccc1. The molecular weight excluding hydrogens is 144 g/mol. The second-order valence-corrected chi connectivity index (χ2v) is 1.84. The van der Waals surface area contributed by atoms with E-state index in [4.69, 9.17) is 5.53 Å². The first-order valence-electron chi connectivity index (χ1n) is 2.98. The van der Waals surface area contributed by atoms with Gasteiger partial charge in [-0.05, 0) is 12.1 Å². The first-order valence-corrected chi connectivity index (χ1v) is 2.98. The fraction of sp³-hybridized carbons (Fsp3) is 0. The van der Waals surface area contributed by atoms with Crippen LogP contribution in [-0.4, -0.2) is 5.97 Å². The second kappa shape index (κ2) is 3.46. The van der Waals surface area contributed by atoms with Gasteiger partial charge in [0.1, 0.15) is 0 Å². The van der Waals surface area contributed by atoms with Crippen LogP contribution in [0.2, 0.25) is 0 Å². The fourth-order valence-corrected chi connectivity index (χ4v) is 0.668.